The highest BCUT2D eigenvalue weighted by atomic mass is 19.4. The molecule has 134 valence electrons. The van der Waals surface area contributed by atoms with Gasteiger partial charge in [-0.1, -0.05) is 18.2 Å². The molecule has 26 heavy (non-hydrogen) atoms. The molecular weight excluding hydrogens is 349 g/mol. The molecule has 0 amide bonds. The van der Waals surface area contributed by atoms with Crippen LogP contribution in [0.25, 0.3) is 23.3 Å². The minimum atomic E-state index is -4.43. The van der Waals surface area contributed by atoms with Crippen LogP contribution in [-0.2, 0) is 20.3 Å². The molecule has 0 aliphatic carbocycles. The third kappa shape index (κ3) is 3.15. The number of benzene rings is 1. The summed E-state index contributed by atoms with van der Waals surface area (Å²) in [4.78, 5) is 32.3. The molecule has 0 aliphatic heterocycles. The minimum absolute atomic E-state index is 0.000734. The first-order valence-electron chi connectivity index (χ1n) is 7.46. The summed E-state index contributed by atoms with van der Waals surface area (Å²) in [5, 5.41) is 0. The molecule has 0 unspecified atom stereocenters. The molecule has 1 aromatic carbocycles. The van der Waals surface area contributed by atoms with Crippen molar-refractivity contribution in [1.82, 2.24) is 19.1 Å². The first-order chi connectivity index (χ1) is 12.2. The lowest BCUT2D eigenvalue weighted by Crippen LogP contribution is -2.37. The number of aromatic nitrogens is 4. The maximum absolute atomic E-state index is 12.7. The van der Waals surface area contributed by atoms with E-state index in [0.717, 1.165) is 16.7 Å². The van der Waals surface area contributed by atoms with E-state index in [1.54, 1.807) is 0 Å². The molecule has 6 nitrogen and oxygen atoms in total. The molecular formula is C17H13F3N4O2. The van der Waals surface area contributed by atoms with Gasteiger partial charge in [0.1, 0.15) is 0 Å². The summed E-state index contributed by atoms with van der Waals surface area (Å²) in [6.45, 7) is 0. The average molecular weight is 362 g/mol. The zero-order valence-electron chi connectivity index (χ0n) is 13.8. The molecule has 0 N–H and O–H groups in total. The highest BCUT2D eigenvalue weighted by Gasteiger charge is 2.30. The zero-order valence-corrected chi connectivity index (χ0v) is 13.8. The maximum Gasteiger partial charge on any atom is 0.416 e. The van der Waals surface area contributed by atoms with Crippen LogP contribution in [0.3, 0.4) is 0 Å². The fraction of sp³-hybridized carbons (Fsp3) is 0.176. The zero-order chi connectivity index (χ0) is 19.1. The summed E-state index contributed by atoms with van der Waals surface area (Å²) >= 11 is 0. The Morgan fingerprint density at radius 1 is 1.08 bits per heavy atom. The lowest BCUT2D eigenvalue weighted by molar-refractivity contribution is -0.137. The highest BCUT2D eigenvalue weighted by Crippen LogP contribution is 2.29. The van der Waals surface area contributed by atoms with Crippen molar-refractivity contribution in [2.24, 2.45) is 14.1 Å². The van der Waals surface area contributed by atoms with Crippen LogP contribution < -0.4 is 11.2 Å². The molecule has 3 rings (SSSR count). The van der Waals surface area contributed by atoms with E-state index in [1.165, 1.54) is 49.1 Å². The van der Waals surface area contributed by atoms with Crippen LogP contribution in [0.5, 0.6) is 0 Å². The van der Waals surface area contributed by atoms with Gasteiger partial charge in [0.2, 0.25) is 0 Å². The minimum Gasteiger partial charge on any atom is -0.279 e. The first kappa shape index (κ1) is 17.6. The van der Waals surface area contributed by atoms with E-state index in [2.05, 4.69) is 9.97 Å². The summed E-state index contributed by atoms with van der Waals surface area (Å²) in [5.41, 5.74) is -1.13. The number of nitrogens with zero attached hydrogens (tertiary/aromatic N) is 4. The molecule has 0 spiro atoms. The van der Waals surface area contributed by atoms with Gasteiger partial charge in [0, 0.05) is 14.1 Å². The fourth-order valence-corrected chi connectivity index (χ4v) is 2.43. The van der Waals surface area contributed by atoms with Gasteiger partial charge < -0.3 is 0 Å². The van der Waals surface area contributed by atoms with Gasteiger partial charge in [-0.25, -0.2) is 14.8 Å². The Balaban J connectivity index is 2.04. The number of aryl methyl sites for hydroxylation is 1. The second-order valence-corrected chi connectivity index (χ2v) is 5.63. The van der Waals surface area contributed by atoms with Crippen molar-refractivity contribution in [3.8, 4) is 0 Å². The van der Waals surface area contributed by atoms with Crippen molar-refractivity contribution < 1.29 is 13.2 Å². The number of halogens is 3. The number of alkyl halides is 3. The molecule has 0 aliphatic rings. The SMILES string of the molecule is Cn1c(=O)c2nc(/C=C/c3cccc(C(F)(F)F)c3)cnc2n(C)c1=O. The van der Waals surface area contributed by atoms with Crippen LogP contribution in [0.4, 0.5) is 13.2 Å². The molecule has 0 radical (unpaired) electrons. The molecule has 0 saturated carbocycles. The van der Waals surface area contributed by atoms with Crippen LogP contribution in [-0.4, -0.2) is 19.1 Å². The third-order valence-corrected chi connectivity index (χ3v) is 3.83. The van der Waals surface area contributed by atoms with Crippen LogP contribution in [0, 0.1) is 0 Å². The van der Waals surface area contributed by atoms with E-state index in [0.29, 0.717) is 5.56 Å². The van der Waals surface area contributed by atoms with Crippen LogP contribution in [0.15, 0.2) is 40.1 Å². The molecule has 0 atom stereocenters. The standard InChI is InChI=1S/C17H13F3N4O2/c1-23-14-13(15(25)24(2)16(23)26)22-12(9-21-14)7-6-10-4-3-5-11(8-10)17(18,19)20/h3-9H,1-2H3/b7-6+. The molecule has 0 fully saturated rings. The Morgan fingerprint density at radius 2 is 1.81 bits per heavy atom. The van der Waals surface area contributed by atoms with Gasteiger partial charge in [-0.15, -0.1) is 0 Å². The van der Waals surface area contributed by atoms with E-state index in [1.807, 2.05) is 0 Å². The highest BCUT2D eigenvalue weighted by molar-refractivity contribution is 5.73. The average Bonchev–Trinajstić information content (AvgIpc) is 2.62. The quantitative estimate of drug-likeness (QED) is 0.701. The predicted molar refractivity (Wildman–Crippen MR) is 90.4 cm³/mol. The van der Waals surface area contributed by atoms with Crippen LogP contribution in [0.2, 0.25) is 0 Å². The topological polar surface area (TPSA) is 69.8 Å². The van der Waals surface area contributed by atoms with Gasteiger partial charge in [0.15, 0.2) is 11.2 Å². The van der Waals surface area contributed by atoms with Gasteiger partial charge in [-0.05, 0) is 23.8 Å². The molecule has 2 aromatic heterocycles. The lowest BCUT2D eigenvalue weighted by atomic mass is 10.1. The van der Waals surface area contributed by atoms with E-state index in [9.17, 15) is 22.8 Å². The van der Waals surface area contributed by atoms with Crippen LogP contribution in [0.1, 0.15) is 16.8 Å². The van der Waals surface area contributed by atoms with Crippen molar-refractivity contribution in [3.05, 3.63) is 68.1 Å². The number of rotatable bonds is 2. The summed E-state index contributed by atoms with van der Waals surface area (Å²) in [5.74, 6) is 0. The Kier molecular flexibility index (Phi) is 4.23. The third-order valence-electron chi connectivity index (χ3n) is 3.83. The Hall–Kier alpha value is -3.23. The van der Waals surface area contributed by atoms with E-state index < -0.39 is 23.0 Å². The Morgan fingerprint density at radius 3 is 2.50 bits per heavy atom. The molecule has 9 heteroatoms. The van der Waals surface area contributed by atoms with E-state index in [4.69, 9.17) is 0 Å². The van der Waals surface area contributed by atoms with Crippen molar-refractivity contribution in [2.75, 3.05) is 0 Å². The van der Waals surface area contributed by atoms with Gasteiger partial charge in [-0.3, -0.25) is 13.9 Å². The number of hydrogen-bond donors (Lipinski definition) is 0. The summed E-state index contributed by atoms with van der Waals surface area (Å²) in [6, 6.07) is 4.81. The van der Waals surface area contributed by atoms with E-state index in [-0.39, 0.29) is 16.9 Å². The summed E-state index contributed by atoms with van der Waals surface area (Å²) in [6.07, 6.45) is -0.196. The second kappa shape index (κ2) is 6.25. The molecule has 2 heterocycles. The fourth-order valence-electron chi connectivity index (χ4n) is 2.43. The predicted octanol–water partition coefficient (Wildman–Crippen LogP) is 2.22. The second-order valence-electron chi connectivity index (χ2n) is 5.63. The Labute approximate surface area is 144 Å². The van der Waals surface area contributed by atoms with Crippen molar-refractivity contribution in [2.45, 2.75) is 6.18 Å². The van der Waals surface area contributed by atoms with Crippen molar-refractivity contribution >= 4 is 23.3 Å². The Bertz CT molecular complexity index is 1140. The van der Waals surface area contributed by atoms with Gasteiger partial charge >= 0.3 is 11.9 Å². The van der Waals surface area contributed by atoms with Crippen molar-refractivity contribution in [3.63, 3.8) is 0 Å². The normalized spacial score (nSPS) is 12.2. The number of fused-ring (bicyclic) bond motifs is 1. The van der Waals surface area contributed by atoms with Gasteiger partial charge in [0.05, 0.1) is 17.5 Å². The van der Waals surface area contributed by atoms with E-state index >= 15 is 0 Å². The summed E-state index contributed by atoms with van der Waals surface area (Å²) in [7, 11) is 2.80. The first-order valence-corrected chi connectivity index (χ1v) is 7.46. The molecule has 3 aromatic rings. The maximum atomic E-state index is 12.7. The summed E-state index contributed by atoms with van der Waals surface area (Å²) < 4.78 is 40.4. The largest absolute Gasteiger partial charge is 0.416 e. The molecule has 0 saturated heterocycles. The monoisotopic (exact) mass is 362 g/mol. The molecule has 0 bridgehead atoms. The van der Waals surface area contributed by atoms with Crippen molar-refractivity contribution in [1.29, 1.82) is 0 Å². The lowest BCUT2D eigenvalue weighted by Gasteiger charge is -2.07. The number of hydrogen-bond acceptors (Lipinski definition) is 4. The van der Waals surface area contributed by atoms with Gasteiger partial charge in [-0.2, -0.15) is 13.2 Å². The van der Waals surface area contributed by atoms with Gasteiger partial charge in [0.25, 0.3) is 5.56 Å². The van der Waals surface area contributed by atoms with Crippen LogP contribution >= 0.6 is 0 Å². The smallest absolute Gasteiger partial charge is 0.279 e.